The number of aromatic nitrogens is 2. The van der Waals surface area contributed by atoms with Crippen LogP contribution in [0, 0.1) is 0 Å². The Kier molecular flexibility index (Phi) is 3.71. The molecule has 1 atom stereocenters. The number of likely N-dealkylation sites (tertiary alicyclic amines) is 1. The maximum Gasteiger partial charge on any atom is 0.319 e. The van der Waals surface area contributed by atoms with E-state index in [1.54, 1.807) is 11.1 Å². The Labute approximate surface area is 134 Å². The van der Waals surface area contributed by atoms with Crippen molar-refractivity contribution in [3.63, 3.8) is 0 Å². The molecule has 2 aromatic rings. The molecule has 1 aromatic carbocycles. The summed E-state index contributed by atoms with van der Waals surface area (Å²) in [7, 11) is 0. The lowest BCUT2D eigenvalue weighted by atomic mass is 10.1. The third-order valence-electron chi connectivity index (χ3n) is 3.97. The van der Waals surface area contributed by atoms with E-state index in [2.05, 4.69) is 20.8 Å². The second kappa shape index (κ2) is 5.57. The summed E-state index contributed by atoms with van der Waals surface area (Å²) in [6.07, 6.45) is 2.06. The Hall–Kier alpha value is -2.57. The van der Waals surface area contributed by atoms with Crippen molar-refractivity contribution in [3.05, 3.63) is 24.4 Å². The Morgan fingerprint density at radius 1 is 1.39 bits per heavy atom. The highest BCUT2D eigenvalue weighted by Gasteiger charge is 2.36. The summed E-state index contributed by atoms with van der Waals surface area (Å²) >= 11 is 0. The molecule has 3 amide bonds. The number of nitrogens with zero attached hydrogens (tertiary/aromatic N) is 2. The van der Waals surface area contributed by atoms with Crippen LogP contribution in [-0.4, -0.2) is 45.2 Å². The maximum absolute atomic E-state index is 12.1. The fourth-order valence-corrected chi connectivity index (χ4v) is 2.82. The van der Waals surface area contributed by atoms with Gasteiger partial charge in [-0.05, 0) is 39.0 Å². The molecule has 0 radical (unpaired) electrons. The number of urea groups is 1. The number of carbonyl (C=O) groups is 2. The molecule has 23 heavy (non-hydrogen) atoms. The predicted octanol–water partition coefficient (Wildman–Crippen LogP) is 2.08. The number of anilines is 1. The average molecular weight is 315 g/mol. The van der Waals surface area contributed by atoms with E-state index in [0.29, 0.717) is 18.7 Å². The van der Waals surface area contributed by atoms with Gasteiger partial charge in [0.2, 0.25) is 5.91 Å². The average Bonchev–Trinajstić information content (AvgIpc) is 3.03. The van der Waals surface area contributed by atoms with Crippen LogP contribution in [0.4, 0.5) is 10.5 Å². The zero-order valence-corrected chi connectivity index (χ0v) is 13.5. The van der Waals surface area contributed by atoms with Crippen molar-refractivity contribution in [1.82, 2.24) is 20.4 Å². The second-order valence-electron chi connectivity index (χ2n) is 6.85. The molecule has 0 saturated carbocycles. The van der Waals surface area contributed by atoms with Gasteiger partial charge in [0, 0.05) is 29.6 Å². The molecule has 0 spiro atoms. The summed E-state index contributed by atoms with van der Waals surface area (Å²) in [6.45, 7) is 6.52. The summed E-state index contributed by atoms with van der Waals surface area (Å²) in [5, 5.41) is 13.4. The first-order valence-corrected chi connectivity index (χ1v) is 7.64. The van der Waals surface area contributed by atoms with Gasteiger partial charge in [-0.2, -0.15) is 5.10 Å². The Balaban J connectivity index is 1.60. The lowest BCUT2D eigenvalue weighted by Gasteiger charge is -2.32. The van der Waals surface area contributed by atoms with E-state index in [9.17, 15) is 9.59 Å². The standard InChI is InChI=1S/C16H21N5O2/c1-16(2,3)21-9-12(7-14(21)22)19-15(23)18-11-5-4-10-8-17-20-13(10)6-11/h4-6,8,12H,7,9H2,1-3H3,(H,17,20)(H2,18,19,23). The third-order valence-corrected chi connectivity index (χ3v) is 3.97. The third kappa shape index (κ3) is 3.28. The minimum absolute atomic E-state index is 0.0710. The SMILES string of the molecule is CC(C)(C)N1CC(NC(=O)Nc2ccc3cn[nH]c3c2)CC1=O. The van der Waals surface area contributed by atoms with Crippen LogP contribution in [0.3, 0.4) is 0 Å². The molecule has 7 heteroatoms. The number of benzene rings is 1. The normalized spacial score (nSPS) is 18.5. The first-order chi connectivity index (χ1) is 10.8. The van der Waals surface area contributed by atoms with Gasteiger partial charge in [0.15, 0.2) is 0 Å². The molecule has 1 saturated heterocycles. The molecule has 3 N–H and O–H groups in total. The summed E-state index contributed by atoms with van der Waals surface area (Å²) in [5.74, 6) is 0.0710. The second-order valence-corrected chi connectivity index (χ2v) is 6.85. The van der Waals surface area contributed by atoms with Gasteiger partial charge in [-0.3, -0.25) is 9.89 Å². The van der Waals surface area contributed by atoms with Crippen molar-refractivity contribution in [2.75, 3.05) is 11.9 Å². The zero-order valence-electron chi connectivity index (χ0n) is 13.5. The zero-order chi connectivity index (χ0) is 16.6. The fraction of sp³-hybridized carbons (Fsp3) is 0.438. The minimum Gasteiger partial charge on any atom is -0.336 e. The number of nitrogens with one attached hydrogen (secondary N) is 3. The minimum atomic E-state index is -0.308. The van der Waals surface area contributed by atoms with E-state index in [0.717, 1.165) is 10.9 Å². The maximum atomic E-state index is 12.1. The van der Waals surface area contributed by atoms with E-state index >= 15 is 0 Å². The van der Waals surface area contributed by atoms with Crippen molar-refractivity contribution < 1.29 is 9.59 Å². The first-order valence-electron chi connectivity index (χ1n) is 7.64. The van der Waals surface area contributed by atoms with Crippen LogP contribution in [0.5, 0.6) is 0 Å². The van der Waals surface area contributed by atoms with Crippen LogP contribution < -0.4 is 10.6 Å². The summed E-state index contributed by atoms with van der Waals surface area (Å²) in [5.41, 5.74) is 1.31. The highest BCUT2D eigenvalue weighted by Crippen LogP contribution is 2.22. The van der Waals surface area contributed by atoms with Crippen LogP contribution in [0.2, 0.25) is 0 Å². The highest BCUT2D eigenvalue weighted by molar-refractivity contribution is 5.93. The molecule has 1 aliphatic heterocycles. The van der Waals surface area contributed by atoms with Crippen molar-refractivity contribution in [3.8, 4) is 0 Å². The Morgan fingerprint density at radius 3 is 2.87 bits per heavy atom. The van der Waals surface area contributed by atoms with Crippen molar-refractivity contribution in [2.24, 2.45) is 0 Å². The van der Waals surface area contributed by atoms with Gasteiger partial charge >= 0.3 is 6.03 Å². The van der Waals surface area contributed by atoms with Gasteiger partial charge in [-0.1, -0.05) is 0 Å². The van der Waals surface area contributed by atoms with Gasteiger partial charge < -0.3 is 15.5 Å². The molecule has 1 aromatic heterocycles. The molecule has 1 fully saturated rings. The molecule has 1 aliphatic rings. The van der Waals surface area contributed by atoms with E-state index in [-0.39, 0.29) is 23.5 Å². The lowest BCUT2D eigenvalue weighted by molar-refractivity contribution is -0.131. The molecular weight excluding hydrogens is 294 g/mol. The lowest BCUT2D eigenvalue weighted by Crippen LogP contribution is -2.45. The molecule has 3 rings (SSSR count). The number of hydrogen-bond donors (Lipinski definition) is 3. The van der Waals surface area contributed by atoms with Crippen LogP contribution in [0.15, 0.2) is 24.4 Å². The molecule has 2 heterocycles. The number of aromatic amines is 1. The monoisotopic (exact) mass is 315 g/mol. The molecule has 7 nitrogen and oxygen atoms in total. The highest BCUT2D eigenvalue weighted by atomic mass is 16.2. The predicted molar refractivity (Wildman–Crippen MR) is 88.1 cm³/mol. The number of hydrogen-bond acceptors (Lipinski definition) is 3. The van der Waals surface area contributed by atoms with Gasteiger partial charge in [0.25, 0.3) is 0 Å². The van der Waals surface area contributed by atoms with E-state index in [1.165, 1.54) is 0 Å². The summed E-state index contributed by atoms with van der Waals surface area (Å²) in [4.78, 5) is 26.0. The smallest absolute Gasteiger partial charge is 0.319 e. The van der Waals surface area contributed by atoms with Crippen molar-refractivity contribution in [1.29, 1.82) is 0 Å². The van der Waals surface area contributed by atoms with Gasteiger partial charge in [0.05, 0.1) is 17.8 Å². The number of fused-ring (bicyclic) bond motifs is 1. The van der Waals surface area contributed by atoms with Gasteiger partial charge in [0.1, 0.15) is 0 Å². The molecule has 0 aliphatic carbocycles. The van der Waals surface area contributed by atoms with Gasteiger partial charge in [-0.15, -0.1) is 0 Å². The largest absolute Gasteiger partial charge is 0.336 e. The Morgan fingerprint density at radius 2 is 2.17 bits per heavy atom. The Bertz CT molecular complexity index is 746. The quantitative estimate of drug-likeness (QED) is 0.792. The number of amides is 3. The number of rotatable bonds is 2. The van der Waals surface area contributed by atoms with Crippen LogP contribution in [0.25, 0.3) is 10.9 Å². The molecule has 1 unspecified atom stereocenters. The van der Waals surface area contributed by atoms with Crippen LogP contribution in [-0.2, 0) is 4.79 Å². The van der Waals surface area contributed by atoms with Gasteiger partial charge in [-0.25, -0.2) is 4.79 Å². The van der Waals surface area contributed by atoms with Crippen LogP contribution >= 0.6 is 0 Å². The fourth-order valence-electron chi connectivity index (χ4n) is 2.82. The van der Waals surface area contributed by atoms with E-state index < -0.39 is 0 Å². The van der Waals surface area contributed by atoms with Crippen molar-refractivity contribution >= 4 is 28.5 Å². The molecular formula is C16H21N5O2. The van der Waals surface area contributed by atoms with E-state index in [1.807, 2.05) is 39.0 Å². The number of H-pyrrole nitrogens is 1. The topological polar surface area (TPSA) is 90.1 Å². The molecule has 122 valence electrons. The molecule has 0 bridgehead atoms. The van der Waals surface area contributed by atoms with E-state index in [4.69, 9.17) is 0 Å². The van der Waals surface area contributed by atoms with Crippen LogP contribution in [0.1, 0.15) is 27.2 Å². The summed E-state index contributed by atoms with van der Waals surface area (Å²) < 4.78 is 0. The summed E-state index contributed by atoms with van der Waals surface area (Å²) in [6, 6.07) is 5.05. The first kappa shape index (κ1) is 15.3. The van der Waals surface area contributed by atoms with Crippen molar-refractivity contribution in [2.45, 2.75) is 38.8 Å². The number of carbonyl (C=O) groups excluding carboxylic acids is 2.